The van der Waals surface area contributed by atoms with Crippen molar-refractivity contribution in [2.45, 2.75) is 0 Å². The summed E-state index contributed by atoms with van der Waals surface area (Å²) in [6, 6.07) is 14.3. The van der Waals surface area contributed by atoms with Crippen LogP contribution in [0.15, 0.2) is 59.1 Å². The Labute approximate surface area is 173 Å². The number of carbonyl (C=O) groups is 3. The Kier molecular flexibility index (Phi) is 4.53. The zero-order chi connectivity index (χ0) is 20.0. The topological polar surface area (TPSA) is 89.3 Å². The Bertz CT molecular complexity index is 1190. The molecule has 0 atom stereocenters. The molecule has 5 nitrogen and oxygen atoms in total. The molecule has 3 aromatic rings. The van der Waals surface area contributed by atoms with Gasteiger partial charge in [0.05, 0.1) is 22.4 Å². The number of fused-ring (bicyclic) bond motifs is 2. The summed E-state index contributed by atoms with van der Waals surface area (Å²) in [5.74, 6) is -1.13. The number of rotatable bonds is 2. The van der Waals surface area contributed by atoms with Crippen molar-refractivity contribution in [1.82, 2.24) is 0 Å². The van der Waals surface area contributed by atoms with Gasteiger partial charge in [0.15, 0.2) is 11.6 Å². The summed E-state index contributed by atoms with van der Waals surface area (Å²) in [7, 11) is 0. The van der Waals surface area contributed by atoms with Gasteiger partial charge in [-0.05, 0) is 46.3 Å². The van der Waals surface area contributed by atoms with E-state index in [1.54, 1.807) is 54.6 Å². The lowest BCUT2D eigenvalue weighted by Crippen LogP contribution is -2.25. The first-order valence-electron chi connectivity index (χ1n) is 8.26. The summed E-state index contributed by atoms with van der Waals surface area (Å²) < 4.78 is 0.517. The van der Waals surface area contributed by atoms with Gasteiger partial charge in [0.1, 0.15) is 0 Å². The number of anilines is 2. The maximum Gasteiger partial charge on any atom is 0.256 e. The van der Waals surface area contributed by atoms with E-state index in [1.165, 1.54) is 0 Å². The van der Waals surface area contributed by atoms with Crippen LogP contribution in [0.4, 0.5) is 11.4 Å². The number of hydrogen-bond acceptors (Lipinski definition) is 4. The molecule has 0 heterocycles. The first-order chi connectivity index (χ1) is 13.4. The molecule has 4 rings (SSSR count). The van der Waals surface area contributed by atoms with Crippen LogP contribution in [0, 0.1) is 0 Å². The van der Waals surface area contributed by atoms with Crippen molar-refractivity contribution in [3.63, 3.8) is 0 Å². The minimum absolute atomic E-state index is 0.157. The fourth-order valence-corrected chi connectivity index (χ4v) is 4.10. The molecule has 0 saturated heterocycles. The molecule has 28 heavy (non-hydrogen) atoms. The van der Waals surface area contributed by atoms with Gasteiger partial charge in [-0.1, -0.05) is 35.9 Å². The van der Waals surface area contributed by atoms with E-state index in [0.717, 1.165) is 0 Å². The van der Waals surface area contributed by atoms with E-state index in [4.69, 9.17) is 17.3 Å². The van der Waals surface area contributed by atoms with Gasteiger partial charge in [-0.15, -0.1) is 0 Å². The number of amides is 1. The summed E-state index contributed by atoms with van der Waals surface area (Å²) in [4.78, 5) is 38.7. The number of nitrogen functional groups attached to an aromatic ring is 1. The van der Waals surface area contributed by atoms with E-state index < -0.39 is 5.91 Å². The van der Waals surface area contributed by atoms with Crippen LogP contribution in [0.3, 0.4) is 0 Å². The van der Waals surface area contributed by atoms with E-state index in [1.807, 2.05) is 0 Å². The number of hydrogen-bond donors (Lipinski definition) is 2. The summed E-state index contributed by atoms with van der Waals surface area (Å²) in [6.45, 7) is 0. The van der Waals surface area contributed by atoms with Crippen LogP contribution >= 0.6 is 27.5 Å². The molecule has 3 aromatic carbocycles. The SMILES string of the molecule is Nc1cccc2c1C(=O)c1cccc(NC(=O)c3ccc(Cl)cc3Br)c1C2=O. The van der Waals surface area contributed by atoms with Gasteiger partial charge >= 0.3 is 0 Å². The fourth-order valence-electron chi connectivity index (χ4n) is 3.24. The van der Waals surface area contributed by atoms with Gasteiger partial charge in [0, 0.05) is 26.3 Å². The summed E-state index contributed by atoms with van der Waals surface area (Å²) >= 11 is 9.22. The van der Waals surface area contributed by atoms with Crippen molar-refractivity contribution in [2.75, 3.05) is 11.1 Å². The van der Waals surface area contributed by atoms with Gasteiger partial charge in [0.25, 0.3) is 5.91 Å². The summed E-state index contributed by atoms with van der Waals surface area (Å²) in [6.07, 6.45) is 0. The van der Waals surface area contributed by atoms with Crippen molar-refractivity contribution in [2.24, 2.45) is 0 Å². The Hall–Kier alpha value is -2.96. The van der Waals surface area contributed by atoms with Crippen LogP contribution in [0.1, 0.15) is 42.2 Å². The van der Waals surface area contributed by atoms with E-state index in [-0.39, 0.29) is 45.2 Å². The lowest BCUT2D eigenvalue weighted by molar-refractivity contribution is 0.0979. The van der Waals surface area contributed by atoms with Crippen LogP contribution in [0.5, 0.6) is 0 Å². The van der Waals surface area contributed by atoms with Crippen LogP contribution in [-0.2, 0) is 0 Å². The zero-order valence-electron chi connectivity index (χ0n) is 14.3. The molecule has 3 N–H and O–H groups in total. The summed E-state index contributed by atoms with van der Waals surface area (Å²) in [5.41, 5.74) is 7.57. The molecule has 0 saturated carbocycles. The molecule has 0 spiro atoms. The second kappa shape index (κ2) is 6.89. The van der Waals surface area contributed by atoms with Gasteiger partial charge < -0.3 is 11.1 Å². The van der Waals surface area contributed by atoms with Crippen LogP contribution in [0.25, 0.3) is 0 Å². The van der Waals surface area contributed by atoms with E-state index >= 15 is 0 Å². The molecule has 0 bridgehead atoms. The van der Waals surface area contributed by atoms with Gasteiger partial charge in [-0.25, -0.2) is 0 Å². The predicted molar refractivity (Wildman–Crippen MR) is 111 cm³/mol. The molecule has 0 aromatic heterocycles. The van der Waals surface area contributed by atoms with Crippen molar-refractivity contribution in [3.05, 3.63) is 91.9 Å². The molecule has 1 amide bonds. The second-order valence-corrected chi connectivity index (χ2v) is 7.53. The van der Waals surface area contributed by atoms with Crippen LogP contribution in [0.2, 0.25) is 5.02 Å². The molecule has 1 aliphatic carbocycles. The third kappa shape index (κ3) is 2.91. The monoisotopic (exact) mass is 454 g/mol. The highest BCUT2D eigenvalue weighted by atomic mass is 79.9. The Balaban J connectivity index is 1.79. The second-order valence-electron chi connectivity index (χ2n) is 6.23. The van der Waals surface area contributed by atoms with Crippen LogP contribution < -0.4 is 11.1 Å². The van der Waals surface area contributed by atoms with Crippen molar-refractivity contribution in [1.29, 1.82) is 0 Å². The van der Waals surface area contributed by atoms with Gasteiger partial charge in [-0.2, -0.15) is 0 Å². The molecular formula is C21H12BrClN2O3. The number of carbonyl (C=O) groups excluding carboxylic acids is 3. The molecule has 0 aliphatic heterocycles. The average molecular weight is 456 g/mol. The fraction of sp³-hybridized carbons (Fsp3) is 0. The van der Waals surface area contributed by atoms with E-state index in [2.05, 4.69) is 21.2 Å². The van der Waals surface area contributed by atoms with E-state index in [0.29, 0.717) is 15.1 Å². The number of halogens is 2. The third-order valence-electron chi connectivity index (χ3n) is 4.53. The van der Waals surface area contributed by atoms with E-state index in [9.17, 15) is 14.4 Å². The van der Waals surface area contributed by atoms with Crippen molar-refractivity contribution >= 4 is 56.4 Å². The Morgan fingerprint density at radius 1 is 0.929 bits per heavy atom. The first kappa shape index (κ1) is 18.4. The molecule has 0 unspecified atom stereocenters. The molecule has 7 heteroatoms. The smallest absolute Gasteiger partial charge is 0.256 e. The van der Waals surface area contributed by atoms with Crippen molar-refractivity contribution in [3.8, 4) is 0 Å². The number of nitrogens with two attached hydrogens (primary N) is 1. The molecule has 138 valence electrons. The third-order valence-corrected chi connectivity index (χ3v) is 5.42. The minimum Gasteiger partial charge on any atom is -0.398 e. The Morgan fingerprint density at radius 3 is 2.29 bits per heavy atom. The molecule has 1 aliphatic rings. The van der Waals surface area contributed by atoms with Gasteiger partial charge in [0.2, 0.25) is 0 Å². The van der Waals surface area contributed by atoms with Crippen LogP contribution in [-0.4, -0.2) is 17.5 Å². The quantitative estimate of drug-likeness (QED) is 0.428. The first-order valence-corrected chi connectivity index (χ1v) is 9.43. The average Bonchev–Trinajstić information content (AvgIpc) is 2.65. The maximum atomic E-state index is 13.1. The van der Waals surface area contributed by atoms with Gasteiger partial charge in [-0.3, -0.25) is 14.4 Å². The number of benzene rings is 3. The van der Waals surface area contributed by atoms with Crippen molar-refractivity contribution < 1.29 is 14.4 Å². The lowest BCUT2D eigenvalue weighted by Gasteiger charge is -2.21. The normalized spacial score (nSPS) is 12.4. The predicted octanol–water partition coefficient (Wildman–Crippen LogP) is 4.71. The number of ketones is 2. The minimum atomic E-state index is -0.435. The Morgan fingerprint density at radius 2 is 1.57 bits per heavy atom. The lowest BCUT2D eigenvalue weighted by atomic mass is 9.82. The molecule has 0 fully saturated rings. The number of nitrogens with one attached hydrogen (secondary N) is 1. The standard InChI is InChI=1S/C21H12BrClN2O3/c22-14-9-10(23)7-8-11(14)21(28)25-16-6-2-4-13-18(16)20(27)12-3-1-5-15(24)17(12)19(13)26/h1-9H,24H2,(H,25,28). The maximum absolute atomic E-state index is 13.1. The molecule has 0 radical (unpaired) electrons. The zero-order valence-corrected chi connectivity index (χ0v) is 16.6. The highest BCUT2D eigenvalue weighted by Gasteiger charge is 2.33. The molecular weight excluding hydrogens is 444 g/mol. The highest BCUT2D eigenvalue weighted by Crippen LogP contribution is 2.34. The largest absolute Gasteiger partial charge is 0.398 e. The summed E-state index contributed by atoms with van der Waals surface area (Å²) in [5, 5.41) is 3.21. The highest BCUT2D eigenvalue weighted by molar-refractivity contribution is 9.10.